The number of rotatable bonds is 6. The molecule has 36 heavy (non-hydrogen) atoms. The number of carbonyl (C=O) groups excluding carboxylic acids is 2. The van der Waals surface area contributed by atoms with E-state index in [1.54, 1.807) is 0 Å². The average Bonchev–Trinajstić information content (AvgIpc) is 2.80. The first kappa shape index (κ1) is 27.6. The van der Waals surface area contributed by atoms with Gasteiger partial charge >= 0.3 is 5.92 Å². The number of amides is 2. The molecule has 2 aromatic carbocycles. The number of aryl methyl sites for hydroxylation is 1. The molecule has 1 aliphatic heterocycles. The van der Waals surface area contributed by atoms with Gasteiger partial charge in [-0.15, -0.1) is 0 Å². The molecule has 2 N–H and O–H groups in total. The number of carbonyl (C=O) groups is 2. The third-order valence-electron chi connectivity index (χ3n) is 5.97. The largest absolute Gasteiger partial charge is 0.352 e. The van der Waals surface area contributed by atoms with E-state index in [1.165, 1.54) is 40.0 Å². The summed E-state index contributed by atoms with van der Waals surface area (Å²) in [6, 6.07) is 4.10. The summed E-state index contributed by atoms with van der Waals surface area (Å²) in [5.41, 5.74) is -1.19. The van der Waals surface area contributed by atoms with Crippen LogP contribution in [0.5, 0.6) is 0 Å². The number of nitrogens with one attached hydrogen (secondary N) is 2. The second-order valence-corrected chi connectivity index (χ2v) is 10.5. The van der Waals surface area contributed by atoms with Crippen molar-refractivity contribution in [2.24, 2.45) is 0 Å². The van der Waals surface area contributed by atoms with Crippen LogP contribution in [-0.2, 0) is 20.9 Å². The topological polar surface area (TPSA) is 98.8 Å². The molecule has 1 aliphatic rings. The zero-order valence-corrected chi connectivity index (χ0v) is 20.8. The van der Waals surface area contributed by atoms with Gasteiger partial charge in [0.2, 0.25) is 0 Å². The number of anilines is 1. The zero-order chi connectivity index (χ0) is 27.0. The van der Waals surface area contributed by atoms with E-state index in [0.29, 0.717) is 12.1 Å². The van der Waals surface area contributed by atoms with Crippen molar-refractivity contribution in [3.05, 3.63) is 64.7 Å². The molecule has 2 atom stereocenters. The molecule has 13 heteroatoms. The first-order valence-corrected chi connectivity index (χ1v) is 12.4. The van der Waals surface area contributed by atoms with Crippen LogP contribution in [0.4, 0.5) is 23.2 Å². The van der Waals surface area contributed by atoms with Gasteiger partial charge in [-0.25, -0.2) is 13.5 Å². The zero-order valence-electron chi connectivity index (χ0n) is 20.0. The molecule has 0 bridgehead atoms. The van der Waals surface area contributed by atoms with Crippen LogP contribution in [0.3, 0.4) is 0 Å². The van der Waals surface area contributed by atoms with Crippen molar-refractivity contribution in [3.63, 3.8) is 0 Å². The van der Waals surface area contributed by atoms with Crippen LogP contribution in [0.2, 0.25) is 0 Å². The smallest absolute Gasteiger partial charge is 0.329 e. The number of benzene rings is 2. The van der Waals surface area contributed by atoms with Crippen molar-refractivity contribution in [2.45, 2.75) is 38.8 Å². The Morgan fingerprint density at radius 1 is 1.00 bits per heavy atom. The van der Waals surface area contributed by atoms with Crippen LogP contribution < -0.4 is 10.0 Å². The highest BCUT2D eigenvalue weighted by Crippen LogP contribution is 2.35. The summed E-state index contributed by atoms with van der Waals surface area (Å²) in [6.07, 6.45) is 0. The lowest BCUT2D eigenvalue weighted by atomic mass is 10.0. The van der Waals surface area contributed by atoms with Gasteiger partial charge in [0, 0.05) is 43.5 Å². The molecule has 0 spiro atoms. The summed E-state index contributed by atoms with van der Waals surface area (Å²) in [6.45, 7) is 3.82. The van der Waals surface area contributed by atoms with Crippen molar-refractivity contribution < 1.29 is 35.6 Å². The van der Waals surface area contributed by atoms with Crippen molar-refractivity contribution in [1.29, 1.82) is 0 Å². The van der Waals surface area contributed by atoms with Gasteiger partial charge in [-0.05, 0) is 62.7 Å². The van der Waals surface area contributed by atoms with E-state index in [2.05, 4.69) is 10.0 Å². The number of hydrogen-bond donors (Lipinski definition) is 2. The minimum atomic E-state index is -4.35. The van der Waals surface area contributed by atoms with E-state index in [1.807, 2.05) is 0 Å². The third kappa shape index (κ3) is 5.37. The van der Waals surface area contributed by atoms with E-state index in [4.69, 9.17) is 0 Å². The molecule has 0 aromatic heterocycles. The molecule has 1 heterocycles. The van der Waals surface area contributed by atoms with E-state index in [-0.39, 0.29) is 29.9 Å². The van der Waals surface area contributed by atoms with Gasteiger partial charge in [0.25, 0.3) is 22.0 Å². The van der Waals surface area contributed by atoms with E-state index < -0.39 is 57.2 Å². The third-order valence-corrected chi connectivity index (χ3v) is 7.46. The molecular weight excluding hydrogens is 504 g/mol. The summed E-state index contributed by atoms with van der Waals surface area (Å²) in [5.74, 6) is -8.81. The fourth-order valence-electron chi connectivity index (χ4n) is 4.11. The predicted octanol–water partition coefficient (Wildman–Crippen LogP) is 3.00. The van der Waals surface area contributed by atoms with Crippen LogP contribution in [0.1, 0.15) is 35.3 Å². The Labute approximate surface area is 206 Å². The first-order valence-electron chi connectivity index (χ1n) is 11.0. The molecule has 3 rings (SSSR count). The fraction of sp³-hybridized carbons (Fsp3) is 0.391. The Morgan fingerprint density at radius 2 is 1.58 bits per heavy atom. The Morgan fingerprint density at radius 3 is 2.14 bits per heavy atom. The van der Waals surface area contributed by atoms with Crippen molar-refractivity contribution >= 4 is 27.7 Å². The maximum absolute atomic E-state index is 15.4. The minimum Gasteiger partial charge on any atom is -0.329 e. The fourth-order valence-corrected chi connectivity index (χ4v) is 5.19. The van der Waals surface area contributed by atoms with Gasteiger partial charge in [-0.1, -0.05) is 0 Å². The minimum absolute atomic E-state index is 0.199. The van der Waals surface area contributed by atoms with Crippen LogP contribution in [0, 0.1) is 18.6 Å². The van der Waals surface area contributed by atoms with Gasteiger partial charge < -0.3 is 10.2 Å². The summed E-state index contributed by atoms with van der Waals surface area (Å²) in [4.78, 5) is 26.4. The number of piperazine rings is 1. The molecule has 8 nitrogen and oxygen atoms in total. The standard InChI is InChI=1S/C23H26F4N4O4S/c1-13-9-17(6-8-19(13)24)29-21(32)16-5-7-20(25)18(10-16)23(26,27)22(33)31-14(2)11-30(12-15(31)3)36(34,35)28-4/h5-10,14-15,28H,11-12H2,1-4H3,(H,29,32)/t14-,15+. The van der Waals surface area contributed by atoms with Gasteiger partial charge in [-0.2, -0.15) is 21.5 Å². The lowest BCUT2D eigenvalue weighted by molar-refractivity contribution is -0.166. The highest BCUT2D eigenvalue weighted by molar-refractivity contribution is 7.87. The van der Waals surface area contributed by atoms with Crippen LogP contribution in [-0.4, -0.2) is 61.7 Å². The number of nitrogens with zero attached hydrogens (tertiary/aromatic N) is 2. The summed E-state index contributed by atoms with van der Waals surface area (Å²) < 4.78 is 86.1. The Kier molecular flexibility index (Phi) is 7.77. The van der Waals surface area contributed by atoms with Gasteiger partial charge in [0.05, 0.1) is 5.56 Å². The van der Waals surface area contributed by atoms with Gasteiger partial charge in [0.15, 0.2) is 0 Å². The Hall–Kier alpha value is -3.03. The van der Waals surface area contributed by atoms with Gasteiger partial charge in [-0.3, -0.25) is 9.59 Å². The van der Waals surface area contributed by atoms with Crippen molar-refractivity contribution in [3.8, 4) is 0 Å². The highest BCUT2D eigenvalue weighted by Gasteiger charge is 2.50. The molecule has 2 aromatic rings. The summed E-state index contributed by atoms with van der Waals surface area (Å²) in [7, 11) is -2.64. The molecular formula is C23H26F4N4O4S. The first-order chi connectivity index (χ1) is 16.7. The summed E-state index contributed by atoms with van der Waals surface area (Å²) >= 11 is 0. The normalized spacial score (nSPS) is 19.3. The molecule has 196 valence electrons. The van der Waals surface area contributed by atoms with E-state index >= 15 is 8.78 Å². The van der Waals surface area contributed by atoms with Crippen molar-refractivity contribution in [2.75, 3.05) is 25.5 Å². The predicted molar refractivity (Wildman–Crippen MR) is 125 cm³/mol. The lowest BCUT2D eigenvalue weighted by Gasteiger charge is -2.44. The molecule has 0 radical (unpaired) electrons. The van der Waals surface area contributed by atoms with E-state index in [9.17, 15) is 26.8 Å². The van der Waals surface area contributed by atoms with Gasteiger partial charge in [0.1, 0.15) is 11.6 Å². The SMILES string of the molecule is CNS(=O)(=O)N1C[C@@H](C)N(C(=O)C(F)(F)c2cc(C(=O)Nc3ccc(F)c(C)c3)ccc2F)[C@@H](C)C1. The molecule has 0 aliphatic carbocycles. The molecule has 0 saturated carbocycles. The van der Waals surface area contributed by atoms with Crippen molar-refractivity contribution in [1.82, 2.24) is 13.9 Å². The molecule has 1 fully saturated rings. The molecule has 0 unspecified atom stereocenters. The molecule has 1 saturated heterocycles. The highest BCUT2D eigenvalue weighted by atomic mass is 32.2. The second kappa shape index (κ2) is 10.1. The van der Waals surface area contributed by atoms with E-state index in [0.717, 1.165) is 21.3 Å². The molecule has 2 amide bonds. The average molecular weight is 531 g/mol. The van der Waals surface area contributed by atoms with Crippen LogP contribution >= 0.6 is 0 Å². The lowest BCUT2D eigenvalue weighted by Crippen LogP contribution is -2.63. The number of halogens is 4. The second-order valence-electron chi connectivity index (χ2n) is 8.62. The maximum atomic E-state index is 15.4. The monoisotopic (exact) mass is 530 g/mol. The number of hydrogen-bond acceptors (Lipinski definition) is 4. The summed E-state index contributed by atoms with van der Waals surface area (Å²) in [5, 5.41) is 2.42. The number of alkyl halides is 2. The Balaban J connectivity index is 1.87. The Bertz CT molecular complexity index is 1280. The van der Waals surface area contributed by atoms with Crippen LogP contribution in [0.15, 0.2) is 36.4 Å². The quantitative estimate of drug-likeness (QED) is 0.561. The van der Waals surface area contributed by atoms with Crippen LogP contribution in [0.25, 0.3) is 0 Å². The maximum Gasteiger partial charge on any atom is 0.352 e.